The van der Waals surface area contributed by atoms with Crippen LogP contribution in [0.3, 0.4) is 0 Å². The molecule has 6 nitrogen and oxygen atoms in total. The third kappa shape index (κ3) is 4.62. The number of rotatable bonds is 7. The van der Waals surface area contributed by atoms with E-state index in [2.05, 4.69) is 43.9 Å². The van der Waals surface area contributed by atoms with E-state index in [-0.39, 0.29) is 11.2 Å². The van der Waals surface area contributed by atoms with Crippen LogP contribution < -0.4 is 10.6 Å². The summed E-state index contributed by atoms with van der Waals surface area (Å²) >= 11 is 0. The van der Waals surface area contributed by atoms with Crippen molar-refractivity contribution in [3.05, 3.63) is 83.7 Å². The molecule has 0 radical (unpaired) electrons. The predicted octanol–water partition coefficient (Wildman–Crippen LogP) is 2.86. The van der Waals surface area contributed by atoms with E-state index in [4.69, 9.17) is 0 Å². The molecule has 150 valence electrons. The minimum Gasteiger partial charge on any atom is -0.356 e. The average Bonchev–Trinajstić information content (AvgIpc) is 3.35. The number of halogens is 1. The molecule has 0 aliphatic heterocycles. The zero-order valence-corrected chi connectivity index (χ0v) is 16.5. The minimum absolute atomic E-state index is 0.124. The molecule has 0 spiro atoms. The Kier molecular flexibility index (Phi) is 5.55. The Balaban J connectivity index is 1.33. The Morgan fingerprint density at radius 1 is 1.14 bits per heavy atom. The first-order chi connectivity index (χ1) is 14.2. The van der Waals surface area contributed by atoms with Crippen LogP contribution in [0.5, 0.6) is 0 Å². The van der Waals surface area contributed by atoms with Crippen molar-refractivity contribution in [3.8, 4) is 0 Å². The summed E-state index contributed by atoms with van der Waals surface area (Å²) in [5.41, 5.74) is 2.99. The lowest BCUT2D eigenvalue weighted by Crippen LogP contribution is -2.41. The molecular formula is C22H25FN6. The first-order valence-corrected chi connectivity index (χ1v) is 9.78. The van der Waals surface area contributed by atoms with Crippen LogP contribution in [0.4, 0.5) is 4.39 Å². The fourth-order valence-electron chi connectivity index (χ4n) is 3.58. The molecule has 2 N–H and O–H groups in total. The van der Waals surface area contributed by atoms with Crippen molar-refractivity contribution in [3.63, 3.8) is 0 Å². The van der Waals surface area contributed by atoms with Gasteiger partial charge in [0.2, 0.25) is 0 Å². The predicted molar refractivity (Wildman–Crippen MR) is 111 cm³/mol. The van der Waals surface area contributed by atoms with E-state index < -0.39 is 0 Å². The van der Waals surface area contributed by atoms with Crippen LogP contribution >= 0.6 is 0 Å². The van der Waals surface area contributed by atoms with Crippen LogP contribution in [0.2, 0.25) is 0 Å². The molecular weight excluding hydrogens is 367 g/mol. The second kappa shape index (κ2) is 8.43. The van der Waals surface area contributed by atoms with Crippen molar-refractivity contribution in [2.45, 2.75) is 31.3 Å². The van der Waals surface area contributed by atoms with Crippen molar-refractivity contribution >= 4 is 5.96 Å². The molecule has 1 heterocycles. The van der Waals surface area contributed by atoms with Gasteiger partial charge in [0.05, 0.1) is 6.54 Å². The summed E-state index contributed by atoms with van der Waals surface area (Å²) in [5, 5.41) is 10.9. The van der Waals surface area contributed by atoms with Crippen LogP contribution in [0, 0.1) is 5.82 Å². The molecule has 1 aromatic heterocycles. The summed E-state index contributed by atoms with van der Waals surface area (Å²) in [6, 6.07) is 15.4. The highest BCUT2D eigenvalue weighted by atomic mass is 19.1. The molecule has 1 aliphatic rings. The highest BCUT2D eigenvalue weighted by Crippen LogP contribution is 2.48. The lowest BCUT2D eigenvalue weighted by Gasteiger charge is -2.19. The Labute approximate surface area is 169 Å². The molecule has 1 saturated carbocycles. The molecule has 4 rings (SSSR count). The fraction of sp³-hybridized carbons (Fsp3) is 0.318. The van der Waals surface area contributed by atoms with Gasteiger partial charge in [0, 0.05) is 25.6 Å². The van der Waals surface area contributed by atoms with E-state index in [1.165, 1.54) is 12.4 Å². The van der Waals surface area contributed by atoms with Gasteiger partial charge in [-0.15, -0.1) is 0 Å². The molecule has 0 unspecified atom stereocenters. The van der Waals surface area contributed by atoms with Gasteiger partial charge >= 0.3 is 0 Å². The Hall–Kier alpha value is -3.22. The number of guanidine groups is 1. The molecule has 7 heteroatoms. The lowest BCUT2D eigenvalue weighted by molar-refractivity contribution is 0.559. The van der Waals surface area contributed by atoms with Crippen molar-refractivity contribution in [1.82, 2.24) is 25.4 Å². The smallest absolute Gasteiger partial charge is 0.191 e. The van der Waals surface area contributed by atoms with Gasteiger partial charge in [-0.2, -0.15) is 5.10 Å². The maximum Gasteiger partial charge on any atom is 0.191 e. The van der Waals surface area contributed by atoms with Gasteiger partial charge in [-0.25, -0.2) is 14.1 Å². The standard InChI is InChI=1S/C22H25FN6/c1-24-21(27-14-22(9-10-22)19-7-2-3-8-20(19)23)26-12-17-5-4-6-18(11-17)13-29-16-25-15-28-29/h2-8,11,15-16H,9-10,12-14H2,1H3,(H2,24,26,27). The second-order valence-electron chi connectivity index (χ2n) is 7.45. The summed E-state index contributed by atoms with van der Waals surface area (Å²) in [4.78, 5) is 8.29. The normalized spacial score (nSPS) is 15.2. The number of aliphatic imine (C=N–C) groups is 1. The van der Waals surface area contributed by atoms with E-state index in [9.17, 15) is 4.39 Å². The molecule has 2 aromatic carbocycles. The number of aromatic nitrogens is 3. The van der Waals surface area contributed by atoms with Crippen molar-refractivity contribution < 1.29 is 4.39 Å². The molecule has 1 aliphatic carbocycles. The average molecular weight is 392 g/mol. The van der Waals surface area contributed by atoms with Gasteiger partial charge in [0.1, 0.15) is 18.5 Å². The first kappa shape index (κ1) is 19.1. The SMILES string of the molecule is CN=C(NCc1cccc(Cn2cncn2)c1)NCC1(c2ccccc2F)CC1. The van der Waals surface area contributed by atoms with Crippen LogP contribution in [0.25, 0.3) is 0 Å². The molecule has 0 atom stereocenters. The summed E-state index contributed by atoms with van der Waals surface area (Å²) in [5.74, 6) is 0.591. The number of benzene rings is 2. The topological polar surface area (TPSA) is 67.1 Å². The van der Waals surface area contributed by atoms with Crippen LogP contribution in [0.15, 0.2) is 66.2 Å². The van der Waals surface area contributed by atoms with Crippen molar-refractivity contribution in [2.75, 3.05) is 13.6 Å². The summed E-state index contributed by atoms with van der Waals surface area (Å²) < 4.78 is 16.0. The largest absolute Gasteiger partial charge is 0.356 e. The van der Waals surface area contributed by atoms with E-state index in [0.29, 0.717) is 25.6 Å². The van der Waals surface area contributed by atoms with Gasteiger partial charge in [0.15, 0.2) is 5.96 Å². The zero-order valence-electron chi connectivity index (χ0n) is 16.5. The second-order valence-corrected chi connectivity index (χ2v) is 7.45. The number of nitrogens with zero attached hydrogens (tertiary/aromatic N) is 4. The number of hydrogen-bond acceptors (Lipinski definition) is 3. The Morgan fingerprint density at radius 3 is 2.69 bits per heavy atom. The summed E-state index contributed by atoms with van der Waals surface area (Å²) in [6.45, 7) is 2.00. The molecule has 1 fully saturated rings. The van der Waals surface area contributed by atoms with Gasteiger partial charge in [-0.1, -0.05) is 42.5 Å². The number of nitrogens with one attached hydrogen (secondary N) is 2. The zero-order chi connectivity index (χ0) is 20.1. The van der Waals surface area contributed by atoms with Crippen LogP contribution in [-0.4, -0.2) is 34.3 Å². The minimum atomic E-state index is -0.126. The molecule has 3 aromatic rings. The monoisotopic (exact) mass is 392 g/mol. The number of hydrogen-bond donors (Lipinski definition) is 2. The van der Waals surface area contributed by atoms with Gasteiger partial charge in [-0.3, -0.25) is 4.99 Å². The van der Waals surface area contributed by atoms with Gasteiger partial charge < -0.3 is 10.6 Å². The van der Waals surface area contributed by atoms with Crippen LogP contribution in [-0.2, 0) is 18.5 Å². The molecule has 0 saturated heterocycles. The Morgan fingerprint density at radius 2 is 1.97 bits per heavy atom. The summed E-state index contributed by atoms with van der Waals surface area (Å²) in [7, 11) is 1.75. The van der Waals surface area contributed by atoms with Gasteiger partial charge in [0.25, 0.3) is 0 Å². The van der Waals surface area contributed by atoms with E-state index in [0.717, 1.165) is 29.5 Å². The molecule has 29 heavy (non-hydrogen) atoms. The maximum absolute atomic E-state index is 14.2. The maximum atomic E-state index is 14.2. The lowest BCUT2D eigenvalue weighted by atomic mass is 9.95. The highest BCUT2D eigenvalue weighted by molar-refractivity contribution is 5.79. The van der Waals surface area contributed by atoms with Crippen molar-refractivity contribution in [2.24, 2.45) is 4.99 Å². The van der Waals surface area contributed by atoms with Crippen LogP contribution in [0.1, 0.15) is 29.5 Å². The quantitative estimate of drug-likeness (QED) is 0.479. The summed E-state index contributed by atoms with van der Waals surface area (Å²) in [6.07, 6.45) is 5.22. The third-order valence-electron chi connectivity index (χ3n) is 5.38. The van der Waals surface area contributed by atoms with Crippen molar-refractivity contribution in [1.29, 1.82) is 0 Å². The van der Waals surface area contributed by atoms with E-state index in [1.54, 1.807) is 24.1 Å². The van der Waals surface area contributed by atoms with E-state index >= 15 is 0 Å². The van der Waals surface area contributed by atoms with E-state index in [1.807, 2.05) is 18.2 Å². The molecule has 0 amide bonds. The first-order valence-electron chi connectivity index (χ1n) is 9.78. The molecule has 0 bridgehead atoms. The third-order valence-corrected chi connectivity index (χ3v) is 5.38. The van der Waals surface area contributed by atoms with Gasteiger partial charge in [-0.05, 0) is 35.6 Å². The highest BCUT2D eigenvalue weighted by Gasteiger charge is 2.45. The fourth-order valence-corrected chi connectivity index (χ4v) is 3.58. The Bertz CT molecular complexity index is 978.